The molecule has 0 aliphatic rings. The molecule has 0 radical (unpaired) electrons. The van der Waals surface area contributed by atoms with Crippen LogP contribution in [0.25, 0.3) is 0 Å². The predicted octanol–water partition coefficient (Wildman–Crippen LogP) is 2.64. The van der Waals surface area contributed by atoms with Gasteiger partial charge in [-0.1, -0.05) is 60.7 Å². The third-order valence-electron chi connectivity index (χ3n) is 4.21. The Labute approximate surface area is 147 Å². The average Bonchev–Trinajstić information content (AvgIpc) is 3.20. The zero-order valence-corrected chi connectivity index (χ0v) is 14.3. The summed E-state index contributed by atoms with van der Waals surface area (Å²) in [6.07, 6.45) is 1.67. The Morgan fingerprint density at radius 2 is 1.68 bits per heavy atom. The second-order valence-electron chi connectivity index (χ2n) is 6.09. The molecular formula is C21H23N2O2+. The topological polar surface area (TPSA) is 58.9 Å². The quantitative estimate of drug-likeness (QED) is 0.697. The van der Waals surface area contributed by atoms with Crippen molar-refractivity contribution >= 4 is 5.91 Å². The third kappa shape index (κ3) is 4.58. The number of carbonyl (C=O) groups excluding carboxylic acids is 1. The van der Waals surface area contributed by atoms with Gasteiger partial charge in [0.25, 0.3) is 5.91 Å². The highest BCUT2D eigenvalue weighted by atomic mass is 16.3. The molecule has 0 unspecified atom stereocenters. The molecule has 3 rings (SSSR count). The second-order valence-corrected chi connectivity index (χ2v) is 6.09. The summed E-state index contributed by atoms with van der Waals surface area (Å²) in [7, 11) is 0. The molecule has 1 amide bonds. The van der Waals surface area contributed by atoms with Gasteiger partial charge in [-0.3, -0.25) is 4.79 Å². The van der Waals surface area contributed by atoms with Crippen LogP contribution in [-0.2, 0) is 11.3 Å². The van der Waals surface area contributed by atoms with E-state index in [4.69, 9.17) is 4.42 Å². The average molecular weight is 335 g/mol. The highest BCUT2D eigenvalue weighted by molar-refractivity contribution is 5.79. The Bertz CT molecular complexity index is 770. The van der Waals surface area contributed by atoms with Gasteiger partial charge in [0.05, 0.1) is 6.26 Å². The van der Waals surface area contributed by atoms with E-state index >= 15 is 0 Å². The molecule has 1 heterocycles. The first kappa shape index (κ1) is 17.0. The van der Waals surface area contributed by atoms with Crippen LogP contribution in [0.2, 0.25) is 0 Å². The molecule has 0 saturated carbocycles. The Balaban J connectivity index is 1.66. The summed E-state index contributed by atoms with van der Waals surface area (Å²) in [5.41, 5.74) is 2.20. The molecule has 3 N–H and O–H groups in total. The number of quaternary nitrogens is 1. The summed E-state index contributed by atoms with van der Waals surface area (Å²) >= 11 is 0. The zero-order valence-electron chi connectivity index (χ0n) is 14.3. The maximum Gasteiger partial charge on any atom is 0.278 e. The Morgan fingerprint density at radius 1 is 1.00 bits per heavy atom. The molecule has 1 aromatic heterocycles. The monoisotopic (exact) mass is 335 g/mol. The first-order chi connectivity index (χ1) is 12.2. The highest BCUT2D eigenvalue weighted by Crippen LogP contribution is 2.18. The minimum Gasteiger partial charge on any atom is -0.463 e. The Hall–Kier alpha value is -2.85. The number of nitrogens with one attached hydrogen (secondary N) is 1. The lowest BCUT2D eigenvalue weighted by Crippen LogP contribution is -2.92. The van der Waals surface area contributed by atoms with Gasteiger partial charge in [-0.2, -0.15) is 0 Å². The highest BCUT2D eigenvalue weighted by Gasteiger charge is 2.26. The minimum absolute atomic E-state index is 0.0105. The van der Waals surface area contributed by atoms with Crippen LogP contribution in [0.15, 0.2) is 83.5 Å². The van der Waals surface area contributed by atoms with Crippen LogP contribution in [0.5, 0.6) is 0 Å². The maximum atomic E-state index is 12.5. The smallest absolute Gasteiger partial charge is 0.278 e. The van der Waals surface area contributed by atoms with Gasteiger partial charge in [0.2, 0.25) is 0 Å². The fourth-order valence-corrected chi connectivity index (χ4v) is 2.82. The van der Waals surface area contributed by atoms with Gasteiger partial charge in [-0.05, 0) is 24.6 Å². The van der Waals surface area contributed by atoms with Gasteiger partial charge in [-0.15, -0.1) is 0 Å². The fraction of sp³-hybridized carbons (Fsp3) is 0.190. The summed E-state index contributed by atoms with van der Waals surface area (Å²) in [6, 6.07) is 23.5. The van der Waals surface area contributed by atoms with Crippen LogP contribution in [0.3, 0.4) is 0 Å². The fourth-order valence-electron chi connectivity index (χ4n) is 2.82. The van der Waals surface area contributed by atoms with Crippen LogP contribution in [-0.4, -0.2) is 11.9 Å². The molecule has 3 aromatic rings. The van der Waals surface area contributed by atoms with Crippen LogP contribution in [0, 0.1) is 0 Å². The summed E-state index contributed by atoms with van der Waals surface area (Å²) in [4.78, 5) is 12.5. The van der Waals surface area contributed by atoms with E-state index < -0.39 is 0 Å². The van der Waals surface area contributed by atoms with Crippen molar-refractivity contribution in [2.75, 3.05) is 0 Å². The second kappa shape index (κ2) is 8.31. The SMILES string of the molecule is C[C@@H]([NH2+][C@@H](c1ccccc1)c1ccco1)C(=O)NCc1ccccc1. The van der Waals surface area contributed by atoms with Crippen LogP contribution in [0.1, 0.15) is 29.9 Å². The van der Waals surface area contributed by atoms with Crippen molar-refractivity contribution in [2.45, 2.75) is 25.6 Å². The van der Waals surface area contributed by atoms with Gasteiger partial charge in [0.1, 0.15) is 0 Å². The minimum atomic E-state index is -0.237. The van der Waals surface area contributed by atoms with E-state index in [-0.39, 0.29) is 18.0 Å². The van der Waals surface area contributed by atoms with Gasteiger partial charge in [0.15, 0.2) is 17.8 Å². The number of carbonyl (C=O) groups is 1. The van der Waals surface area contributed by atoms with Gasteiger partial charge in [-0.25, -0.2) is 0 Å². The molecule has 4 heteroatoms. The van der Waals surface area contributed by atoms with E-state index in [9.17, 15) is 4.79 Å². The Kier molecular flexibility index (Phi) is 5.65. The van der Waals surface area contributed by atoms with Crippen molar-refractivity contribution in [3.05, 3.63) is 95.9 Å². The molecule has 25 heavy (non-hydrogen) atoms. The summed E-state index contributed by atoms with van der Waals surface area (Å²) in [5, 5.41) is 5.04. The molecule has 2 atom stereocenters. The van der Waals surface area contributed by atoms with E-state index in [1.165, 1.54) is 0 Å². The molecular weight excluding hydrogens is 312 g/mol. The number of hydrogen-bond acceptors (Lipinski definition) is 2. The van der Waals surface area contributed by atoms with Crippen molar-refractivity contribution in [3.63, 3.8) is 0 Å². The molecule has 2 aromatic carbocycles. The van der Waals surface area contributed by atoms with Gasteiger partial charge < -0.3 is 15.1 Å². The number of nitrogens with two attached hydrogens (primary N) is 1. The molecule has 0 saturated heterocycles. The molecule has 0 aliphatic carbocycles. The van der Waals surface area contributed by atoms with Crippen molar-refractivity contribution < 1.29 is 14.5 Å². The van der Waals surface area contributed by atoms with E-state index in [1.54, 1.807) is 6.26 Å². The van der Waals surface area contributed by atoms with E-state index in [0.29, 0.717) is 6.54 Å². The molecule has 128 valence electrons. The lowest BCUT2D eigenvalue weighted by Gasteiger charge is -2.18. The normalized spacial score (nSPS) is 13.2. The van der Waals surface area contributed by atoms with Crippen molar-refractivity contribution in [2.24, 2.45) is 0 Å². The zero-order chi connectivity index (χ0) is 17.5. The third-order valence-corrected chi connectivity index (χ3v) is 4.21. The number of rotatable bonds is 7. The van der Waals surface area contributed by atoms with E-state index in [0.717, 1.165) is 16.9 Å². The largest absolute Gasteiger partial charge is 0.463 e. The number of furan rings is 1. The summed E-state index contributed by atoms with van der Waals surface area (Å²) in [6.45, 7) is 2.45. The first-order valence-corrected chi connectivity index (χ1v) is 8.49. The number of amides is 1. The predicted molar refractivity (Wildman–Crippen MR) is 96.7 cm³/mol. The summed E-state index contributed by atoms with van der Waals surface area (Å²) < 4.78 is 5.60. The molecule has 0 spiro atoms. The van der Waals surface area contributed by atoms with Crippen molar-refractivity contribution in [1.29, 1.82) is 0 Å². The van der Waals surface area contributed by atoms with Crippen molar-refractivity contribution in [1.82, 2.24) is 5.32 Å². The van der Waals surface area contributed by atoms with Crippen LogP contribution >= 0.6 is 0 Å². The number of benzene rings is 2. The number of hydrogen-bond donors (Lipinski definition) is 2. The standard InChI is InChI=1S/C21H22N2O2/c1-16(21(24)22-15-17-9-4-2-5-10-17)23-20(19-13-8-14-25-19)18-11-6-3-7-12-18/h2-14,16,20,23H,15H2,1H3,(H,22,24)/p+1/t16-,20+/m1/s1. The molecule has 0 bridgehead atoms. The van der Waals surface area contributed by atoms with E-state index in [2.05, 4.69) is 17.4 Å². The lowest BCUT2D eigenvalue weighted by atomic mass is 10.0. The van der Waals surface area contributed by atoms with Gasteiger partial charge >= 0.3 is 0 Å². The van der Waals surface area contributed by atoms with Crippen molar-refractivity contribution in [3.8, 4) is 0 Å². The Morgan fingerprint density at radius 3 is 2.32 bits per heavy atom. The van der Waals surface area contributed by atoms with Crippen LogP contribution in [0.4, 0.5) is 0 Å². The molecule has 4 nitrogen and oxygen atoms in total. The lowest BCUT2D eigenvalue weighted by molar-refractivity contribution is -0.706. The van der Waals surface area contributed by atoms with Crippen LogP contribution < -0.4 is 10.6 Å². The molecule has 0 fully saturated rings. The summed E-state index contributed by atoms with van der Waals surface area (Å²) in [5.74, 6) is 0.852. The first-order valence-electron chi connectivity index (χ1n) is 8.49. The van der Waals surface area contributed by atoms with Gasteiger partial charge in [0, 0.05) is 12.1 Å². The van der Waals surface area contributed by atoms with E-state index in [1.807, 2.05) is 72.9 Å². The maximum absolute atomic E-state index is 12.5. The molecule has 0 aliphatic heterocycles.